The third kappa shape index (κ3) is 1.96. The number of rotatable bonds is 1. The van der Waals surface area contributed by atoms with Crippen LogP contribution < -0.4 is 10.2 Å². The molecule has 1 spiro atoms. The standard InChI is InChI=1S/C19H22N2O3/c1-18(2,3)11-5-4-6-12-15(11)21(17(24)19(12)9-10-19)13-7-8-14(22)20-16(13)23/h4-6,13H,7-10H2,1-3H3,(H,20,22,23). The summed E-state index contributed by atoms with van der Waals surface area (Å²) in [6.07, 6.45) is 2.36. The summed E-state index contributed by atoms with van der Waals surface area (Å²) in [7, 11) is 0. The predicted molar refractivity (Wildman–Crippen MR) is 89.7 cm³/mol. The maximum absolute atomic E-state index is 13.2. The smallest absolute Gasteiger partial charge is 0.249 e. The van der Waals surface area contributed by atoms with Gasteiger partial charge in [0, 0.05) is 6.42 Å². The SMILES string of the molecule is CC(C)(C)c1cccc2c1N(C1CCC(=O)NC1=O)C(=O)C21CC1. The molecule has 1 aromatic rings. The van der Waals surface area contributed by atoms with Crippen molar-refractivity contribution in [2.75, 3.05) is 4.90 Å². The fourth-order valence-corrected chi connectivity index (χ4v) is 4.08. The van der Waals surface area contributed by atoms with Gasteiger partial charge in [0.2, 0.25) is 17.7 Å². The molecule has 3 amide bonds. The number of benzene rings is 1. The highest BCUT2D eigenvalue weighted by Gasteiger charge is 2.61. The Morgan fingerprint density at radius 3 is 2.46 bits per heavy atom. The van der Waals surface area contributed by atoms with Crippen molar-refractivity contribution in [2.45, 2.75) is 63.3 Å². The summed E-state index contributed by atoms with van der Waals surface area (Å²) in [6, 6.07) is 5.51. The molecule has 2 aliphatic heterocycles. The highest BCUT2D eigenvalue weighted by atomic mass is 16.2. The minimum atomic E-state index is -0.586. The van der Waals surface area contributed by atoms with Gasteiger partial charge < -0.3 is 0 Å². The van der Waals surface area contributed by atoms with Crippen molar-refractivity contribution in [3.63, 3.8) is 0 Å². The maximum Gasteiger partial charge on any atom is 0.249 e. The number of imide groups is 1. The molecular formula is C19H22N2O3. The molecule has 4 rings (SSSR count). The van der Waals surface area contributed by atoms with Crippen molar-refractivity contribution in [1.82, 2.24) is 5.32 Å². The molecular weight excluding hydrogens is 304 g/mol. The zero-order chi connectivity index (χ0) is 17.3. The van der Waals surface area contributed by atoms with Gasteiger partial charge in [0.1, 0.15) is 6.04 Å². The number of para-hydroxylation sites is 1. The average Bonchev–Trinajstić information content (AvgIpc) is 3.25. The second-order valence-electron chi connectivity index (χ2n) is 8.18. The maximum atomic E-state index is 13.2. The number of hydrogen-bond acceptors (Lipinski definition) is 3. The van der Waals surface area contributed by atoms with E-state index in [0.29, 0.717) is 6.42 Å². The van der Waals surface area contributed by atoms with Crippen molar-refractivity contribution in [3.05, 3.63) is 29.3 Å². The summed E-state index contributed by atoms with van der Waals surface area (Å²) in [5.74, 6) is -0.580. The first-order valence-electron chi connectivity index (χ1n) is 8.57. The normalized spacial score (nSPS) is 25.0. The Balaban J connectivity index is 1.88. The van der Waals surface area contributed by atoms with E-state index >= 15 is 0 Å². The number of anilines is 1. The molecule has 1 aromatic carbocycles. The Morgan fingerprint density at radius 1 is 1.17 bits per heavy atom. The van der Waals surface area contributed by atoms with E-state index in [0.717, 1.165) is 29.7 Å². The number of nitrogens with zero attached hydrogens (tertiary/aromatic N) is 1. The van der Waals surface area contributed by atoms with E-state index in [1.165, 1.54) is 0 Å². The average molecular weight is 326 g/mol. The van der Waals surface area contributed by atoms with Gasteiger partial charge in [-0.1, -0.05) is 39.0 Å². The lowest BCUT2D eigenvalue weighted by molar-refractivity contribution is -0.135. The third-order valence-corrected chi connectivity index (χ3v) is 5.50. The lowest BCUT2D eigenvalue weighted by atomic mass is 9.83. The van der Waals surface area contributed by atoms with Crippen LogP contribution in [0.1, 0.15) is 57.6 Å². The molecule has 1 saturated heterocycles. The van der Waals surface area contributed by atoms with Crippen LogP contribution in [0.25, 0.3) is 0 Å². The molecule has 2 fully saturated rings. The van der Waals surface area contributed by atoms with Crippen LogP contribution in [0, 0.1) is 0 Å². The van der Waals surface area contributed by atoms with Gasteiger partial charge in [-0.15, -0.1) is 0 Å². The Bertz CT molecular complexity index is 771. The van der Waals surface area contributed by atoms with E-state index in [1.807, 2.05) is 18.2 Å². The van der Waals surface area contributed by atoms with Crippen molar-refractivity contribution >= 4 is 23.4 Å². The Morgan fingerprint density at radius 2 is 1.88 bits per heavy atom. The minimum Gasteiger partial charge on any atom is -0.299 e. The quantitative estimate of drug-likeness (QED) is 0.804. The molecule has 1 atom stereocenters. The second kappa shape index (κ2) is 4.68. The number of hydrogen-bond donors (Lipinski definition) is 1. The van der Waals surface area contributed by atoms with E-state index in [1.54, 1.807) is 4.90 Å². The van der Waals surface area contributed by atoms with Gasteiger partial charge in [-0.2, -0.15) is 0 Å². The van der Waals surface area contributed by atoms with Crippen LogP contribution in [0.2, 0.25) is 0 Å². The van der Waals surface area contributed by atoms with Gasteiger partial charge in [-0.05, 0) is 35.8 Å². The van der Waals surface area contributed by atoms with Crippen LogP contribution in [-0.4, -0.2) is 23.8 Å². The summed E-state index contributed by atoms with van der Waals surface area (Å²) >= 11 is 0. The highest BCUT2D eigenvalue weighted by Crippen LogP contribution is 2.59. The molecule has 1 saturated carbocycles. The van der Waals surface area contributed by atoms with Crippen molar-refractivity contribution in [2.24, 2.45) is 0 Å². The monoisotopic (exact) mass is 326 g/mol. The van der Waals surface area contributed by atoms with Gasteiger partial charge in [-0.25, -0.2) is 0 Å². The topological polar surface area (TPSA) is 66.5 Å². The van der Waals surface area contributed by atoms with Crippen LogP contribution in [0.5, 0.6) is 0 Å². The molecule has 0 aromatic heterocycles. The molecule has 1 aliphatic carbocycles. The van der Waals surface area contributed by atoms with Gasteiger partial charge in [0.05, 0.1) is 11.1 Å². The summed E-state index contributed by atoms with van der Waals surface area (Å²) in [5, 5.41) is 2.39. The molecule has 126 valence electrons. The predicted octanol–water partition coefficient (Wildman–Crippen LogP) is 2.17. The van der Waals surface area contributed by atoms with E-state index in [-0.39, 0.29) is 29.6 Å². The number of nitrogens with one attached hydrogen (secondary N) is 1. The summed E-state index contributed by atoms with van der Waals surface area (Å²) in [6.45, 7) is 6.36. The molecule has 2 heterocycles. The van der Waals surface area contributed by atoms with Gasteiger partial charge in [0.25, 0.3) is 0 Å². The first-order valence-corrected chi connectivity index (χ1v) is 8.57. The lowest BCUT2D eigenvalue weighted by Crippen LogP contribution is -2.54. The molecule has 3 aliphatic rings. The van der Waals surface area contributed by atoms with E-state index in [4.69, 9.17) is 0 Å². The number of carbonyl (C=O) groups is 3. The van der Waals surface area contributed by atoms with Gasteiger partial charge >= 0.3 is 0 Å². The largest absolute Gasteiger partial charge is 0.299 e. The van der Waals surface area contributed by atoms with Gasteiger partial charge in [0.15, 0.2) is 0 Å². The third-order valence-electron chi connectivity index (χ3n) is 5.50. The van der Waals surface area contributed by atoms with Crippen molar-refractivity contribution in [1.29, 1.82) is 0 Å². The molecule has 1 unspecified atom stereocenters. The van der Waals surface area contributed by atoms with Crippen LogP contribution in [0.3, 0.4) is 0 Å². The van der Waals surface area contributed by atoms with Crippen molar-refractivity contribution in [3.8, 4) is 0 Å². The molecule has 0 bridgehead atoms. The van der Waals surface area contributed by atoms with Crippen LogP contribution in [-0.2, 0) is 25.2 Å². The Kier molecular flexibility index (Phi) is 3.00. The summed E-state index contributed by atoms with van der Waals surface area (Å²) in [5.41, 5.74) is 2.48. The van der Waals surface area contributed by atoms with Crippen LogP contribution >= 0.6 is 0 Å². The molecule has 1 N–H and O–H groups in total. The number of fused-ring (bicyclic) bond motifs is 2. The second-order valence-corrected chi connectivity index (χ2v) is 8.18. The molecule has 5 heteroatoms. The first kappa shape index (κ1) is 15.4. The lowest BCUT2D eigenvalue weighted by Gasteiger charge is -2.33. The molecule has 0 radical (unpaired) electrons. The van der Waals surface area contributed by atoms with E-state index in [9.17, 15) is 14.4 Å². The Hall–Kier alpha value is -2.17. The number of carbonyl (C=O) groups excluding carboxylic acids is 3. The van der Waals surface area contributed by atoms with Crippen LogP contribution in [0.4, 0.5) is 5.69 Å². The number of piperidine rings is 1. The summed E-state index contributed by atoms with van der Waals surface area (Å²) in [4.78, 5) is 38.8. The number of amides is 3. The van der Waals surface area contributed by atoms with E-state index < -0.39 is 11.5 Å². The first-order chi connectivity index (χ1) is 11.3. The van der Waals surface area contributed by atoms with Gasteiger partial charge in [-0.3, -0.25) is 24.6 Å². The zero-order valence-electron chi connectivity index (χ0n) is 14.3. The highest BCUT2D eigenvalue weighted by molar-refractivity contribution is 6.15. The molecule has 5 nitrogen and oxygen atoms in total. The summed E-state index contributed by atoms with van der Waals surface area (Å²) < 4.78 is 0. The van der Waals surface area contributed by atoms with Crippen LogP contribution in [0.15, 0.2) is 18.2 Å². The van der Waals surface area contributed by atoms with Crippen molar-refractivity contribution < 1.29 is 14.4 Å². The zero-order valence-corrected chi connectivity index (χ0v) is 14.3. The van der Waals surface area contributed by atoms with E-state index in [2.05, 4.69) is 26.1 Å². The fraction of sp³-hybridized carbons (Fsp3) is 0.526. The fourth-order valence-electron chi connectivity index (χ4n) is 4.08. The minimum absolute atomic E-state index is 0.0312. The molecule has 24 heavy (non-hydrogen) atoms. The Labute approximate surface area is 141 Å².